The van der Waals surface area contributed by atoms with E-state index in [4.69, 9.17) is 5.73 Å². The molecule has 0 bridgehead atoms. The Labute approximate surface area is 120 Å². The number of nitrogens with one attached hydrogen (secondary N) is 1. The molecular weight excluding hydrogens is 264 g/mol. The van der Waals surface area contributed by atoms with E-state index in [1.54, 1.807) is 6.20 Å². The van der Waals surface area contributed by atoms with E-state index < -0.39 is 0 Å². The molecule has 0 fully saturated rings. The van der Waals surface area contributed by atoms with Gasteiger partial charge in [-0.05, 0) is 25.1 Å². The molecule has 0 aliphatic heterocycles. The fraction of sp³-hybridized carbons (Fsp3) is 0.0667. The molecule has 3 heterocycles. The molecule has 0 amide bonds. The highest BCUT2D eigenvalue weighted by molar-refractivity contribution is 5.93. The topological polar surface area (TPSA) is 93.4 Å². The Morgan fingerprint density at radius 3 is 2.86 bits per heavy atom. The first-order chi connectivity index (χ1) is 10.2. The summed E-state index contributed by atoms with van der Waals surface area (Å²) >= 11 is 0. The summed E-state index contributed by atoms with van der Waals surface area (Å²) in [6, 6.07) is 10.1. The fourth-order valence-corrected chi connectivity index (χ4v) is 2.45. The number of pyridine rings is 1. The van der Waals surface area contributed by atoms with E-state index >= 15 is 0 Å². The van der Waals surface area contributed by atoms with Crippen molar-refractivity contribution >= 4 is 27.9 Å². The third kappa shape index (κ3) is 1.88. The van der Waals surface area contributed by atoms with Crippen LogP contribution in [0.4, 0.5) is 5.95 Å². The van der Waals surface area contributed by atoms with Crippen LogP contribution in [-0.4, -0.2) is 25.1 Å². The van der Waals surface area contributed by atoms with E-state index in [0.29, 0.717) is 5.65 Å². The molecule has 6 heteroatoms. The predicted molar refractivity (Wildman–Crippen MR) is 81.6 cm³/mol. The number of hydrogen-bond donors (Lipinski definition) is 2. The van der Waals surface area contributed by atoms with E-state index in [1.165, 1.54) is 0 Å². The number of H-pyrrole nitrogens is 1. The molecule has 1 aromatic carbocycles. The zero-order valence-electron chi connectivity index (χ0n) is 11.3. The summed E-state index contributed by atoms with van der Waals surface area (Å²) < 4.78 is 0. The van der Waals surface area contributed by atoms with Gasteiger partial charge in [0.15, 0.2) is 5.65 Å². The molecule has 0 spiro atoms. The van der Waals surface area contributed by atoms with Crippen molar-refractivity contribution in [2.45, 2.75) is 6.92 Å². The number of rotatable bonds is 1. The maximum atomic E-state index is 5.77. The van der Waals surface area contributed by atoms with Gasteiger partial charge in [0.25, 0.3) is 0 Å². The zero-order chi connectivity index (χ0) is 14.4. The van der Waals surface area contributed by atoms with Crippen LogP contribution < -0.4 is 5.73 Å². The second-order valence-electron chi connectivity index (χ2n) is 4.92. The average molecular weight is 276 g/mol. The van der Waals surface area contributed by atoms with E-state index in [9.17, 15) is 0 Å². The van der Waals surface area contributed by atoms with E-state index in [-0.39, 0.29) is 5.95 Å². The lowest BCUT2D eigenvalue weighted by molar-refractivity contribution is 1.09. The minimum absolute atomic E-state index is 0.226. The van der Waals surface area contributed by atoms with Crippen molar-refractivity contribution in [3.05, 3.63) is 42.2 Å². The molecule has 102 valence electrons. The summed E-state index contributed by atoms with van der Waals surface area (Å²) in [5.74, 6) is 0.226. The van der Waals surface area contributed by atoms with E-state index in [1.807, 2.05) is 25.1 Å². The Morgan fingerprint density at radius 2 is 1.95 bits per heavy atom. The van der Waals surface area contributed by atoms with Gasteiger partial charge in [-0.15, -0.1) is 0 Å². The van der Waals surface area contributed by atoms with Gasteiger partial charge in [-0.1, -0.05) is 12.1 Å². The first-order valence-corrected chi connectivity index (χ1v) is 6.55. The number of hydrogen-bond acceptors (Lipinski definition) is 5. The standard InChI is InChI=1S/C15H12N6/c1-8-2-3-9-6-10(4-5-12(9)18-8)13-11-7-17-21-14(11)20-15(16)19-13/h2-7H,1H3,(H3,16,17,19,20,21). The van der Waals surface area contributed by atoms with Gasteiger partial charge in [-0.25, -0.2) is 4.98 Å². The summed E-state index contributed by atoms with van der Waals surface area (Å²) in [6.45, 7) is 1.98. The molecule has 0 saturated carbocycles. The van der Waals surface area contributed by atoms with Crippen LogP contribution in [0.3, 0.4) is 0 Å². The van der Waals surface area contributed by atoms with Crippen LogP contribution in [0.1, 0.15) is 5.69 Å². The van der Waals surface area contributed by atoms with Crippen LogP contribution in [0.15, 0.2) is 36.5 Å². The number of benzene rings is 1. The van der Waals surface area contributed by atoms with Crippen molar-refractivity contribution in [2.24, 2.45) is 0 Å². The minimum atomic E-state index is 0.226. The molecule has 4 aromatic rings. The van der Waals surface area contributed by atoms with Gasteiger partial charge < -0.3 is 5.73 Å². The maximum absolute atomic E-state index is 5.77. The van der Waals surface area contributed by atoms with Gasteiger partial charge in [0, 0.05) is 16.6 Å². The van der Waals surface area contributed by atoms with Gasteiger partial charge in [0.2, 0.25) is 5.95 Å². The number of nitrogen functional groups attached to an aromatic ring is 1. The lowest BCUT2D eigenvalue weighted by atomic mass is 10.1. The number of nitrogens with two attached hydrogens (primary N) is 1. The van der Waals surface area contributed by atoms with Crippen LogP contribution in [0, 0.1) is 6.92 Å². The highest BCUT2D eigenvalue weighted by Gasteiger charge is 2.11. The fourth-order valence-electron chi connectivity index (χ4n) is 2.45. The van der Waals surface area contributed by atoms with Crippen LogP contribution >= 0.6 is 0 Å². The predicted octanol–water partition coefficient (Wildman–Crippen LogP) is 2.46. The quantitative estimate of drug-likeness (QED) is 0.557. The number of nitrogens with zero attached hydrogens (tertiary/aromatic N) is 4. The molecule has 4 rings (SSSR count). The summed E-state index contributed by atoms with van der Waals surface area (Å²) in [4.78, 5) is 13.0. The lowest BCUT2D eigenvalue weighted by Gasteiger charge is -2.05. The van der Waals surface area contributed by atoms with Gasteiger partial charge in [0.05, 0.1) is 22.8 Å². The molecule has 21 heavy (non-hydrogen) atoms. The largest absolute Gasteiger partial charge is 0.368 e. The zero-order valence-corrected chi connectivity index (χ0v) is 11.3. The molecule has 0 radical (unpaired) electrons. The van der Waals surface area contributed by atoms with Crippen molar-refractivity contribution in [1.82, 2.24) is 25.1 Å². The number of fused-ring (bicyclic) bond motifs is 2. The highest BCUT2D eigenvalue weighted by atomic mass is 15.2. The molecule has 0 saturated heterocycles. The minimum Gasteiger partial charge on any atom is -0.368 e. The Hall–Kier alpha value is -3.02. The Morgan fingerprint density at radius 1 is 1.05 bits per heavy atom. The van der Waals surface area contributed by atoms with E-state index in [2.05, 4.69) is 37.3 Å². The van der Waals surface area contributed by atoms with Gasteiger partial charge in [0.1, 0.15) is 0 Å². The molecule has 3 N–H and O–H groups in total. The Balaban J connectivity index is 1.99. The van der Waals surface area contributed by atoms with Crippen LogP contribution in [0.25, 0.3) is 33.2 Å². The van der Waals surface area contributed by atoms with Crippen molar-refractivity contribution in [1.29, 1.82) is 0 Å². The number of aromatic amines is 1. The lowest BCUT2D eigenvalue weighted by Crippen LogP contribution is -1.97. The van der Waals surface area contributed by atoms with Gasteiger partial charge in [-0.3, -0.25) is 10.1 Å². The smallest absolute Gasteiger partial charge is 0.222 e. The molecule has 6 nitrogen and oxygen atoms in total. The summed E-state index contributed by atoms with van der Waals surface area (Å²) in [5, 5.41) is 8.74. The van der Waals surface area contributed by atoms with Crippen molar-refractivity contribution in [3.8, 4) is 11.3 Å². The molecule has 0 atom stereocenters. The second-order valence-corrected chi connectivity index (χ2v) is 4.92. The number of aromatic nitrogens is 5. The third-order valence-electron chi connectivity index (χ3n) is 3.43. The van der Waals surface area contributed by atoms with Crippen molar-refractivity contribution in [3.63, 3.8) is 0 Å². The molecule has 0 aliphatic rings. The normalized spacial score (nSPS) is 11.3. The third-order valence-corrected chi connectivity index (χ3v) is 3.43. The SMILES string of the molecule is Cc1ccc2cc(-c3nc(N)nc4[nH]ncc34)ccc2n1. The summed E-state index contributed by atoms with van der Waals surface area (Å²) in [5.41, 5.74) is 10.1. The Bertz CT molecular complexity index is 972. The number of aryl methyl sites for hydroxylation is 1. The van der Waals surface area contributed by atoms with Crippen LogP contribution in [0.5, 0.6) is 0 Å². The monoisotopic (exact) mass is 276 g/mol. The Kier molecular flexibility index (Phi) is 2.38. The highest BCUT2D eigenvalue weighted by Crippen LogP contribution is 2.28. The maximum Gasteiger partial charge on any atom is 0.222 e. The van der Waals surface area contributed by atoms with Crippen molar-refractivity contribution in [2.75, 3.05) is 5.73 Å². The number of anilines is 1. The van der Waals surface area contributed by atoms with Gasteiger partial charge >= 0.3 is 0 Å². The second kappa shape index (κ2) is 4.24. The summed E-state index contributed by atoms with van der Waals surface area (Å²) in [7, 11) is 0. The first kappa shape index (κ1) is 11.8. The molecule has 3 aromatic heterocycles. The molecular formula is C15H12N6. The van der Waals surface area contributed by atoms with Crippen LogP contribution in [-0.2, 0) is 0 Å². The van der Waals surface area contributed by atoms with Crippen LogP contribution in [0.2, 0.25) is 0 Å². The summed E-state index contributed by atoms with van der Waals surface area (Å²) in [6.07, 6.45) is 1.71. The molecule has 0 unspecified atom stereocenters. The van der Waals surface area contributed by atoms with Gasteiger partial charge in [-0.2, -0.15) is 10.1 Å². The average Bonchev–Trinajstić information content (AvgIpc) is 2.94. The van der Waals surface area contributed by atoms with Crippen molar-refractivity contribution < 1.29 is 0 Å². The van der Waals surface area contributed by atoms with E-state index in [0.717, 1.165) is 33.2 Å². The molecule has 0 aliphatic carbocycles. The first-order valence-electron chi connectivity index (χ1n) is 6.55.